The summed E-state index contributed by atoms with van der Waals surface area (Å²) >= 11 is 0. The highest BCUT2D eigenvalue weighted by atomic mass is 16.5. The summed E-state index contributed by atoms with van der Waals surface area (Å²) in [6.07, 6.45) is 4.04. The number of pyridine rings is 1. The van der Waals surface area contributed by atoms with Crippen molar-refractivity contribution in [3.8, 4) is 0 Å². The minimum absolute atomic E-state index is 0.240. The van der Waals surface area contributed by atoms with Crippen molar-refractivity contribution in [3.05, 3.63) is 30.1 Å². The average Bonchev–Trinajstić information content (AvgIpc) is 2.44. The molecule has 0 bridgehead atoms. The third kappa shape index (κ3) is 6.14. The van der Waals surface area contributed by atoms with Crippen molar-refractivity contribution >= 4 is 12.0 Å². The summed E-state index contributed by atoms with van der Waals surface area (Å²) in [5.41, 5.74) is 1.06. The van der Waals surface area contributed by atoms with Gasteiger partial charge < -0.3 is 20.1 Å². The molecule has 0 aliphatic rings. The molecule has 0 aliphatic carbocycles. The third-order valence-electron chi connectivity index (χ3n) is 2.62. The molecule has 7 heteroatoms. The molecule has 1 aromatic heterocycles. The Bertz CT molecular complexity index is 425. The highest BCUT2D eigenvalue weighted by molar-refractivity contribution is 5.80. The first-order chi connectivity index (χ1) is 9.63. The molecular weight excluding hydrogens is 262 g/mol. The molecule has 1 aromatic rings. The first-order valence-corrected chi connectivity index (χ1v) is 6.26. The van der Waals surface area contributed by atoms with E-state index in [1.54, 1.807) is 12.4 Å². The van der Waals surface area contributed by atoms with E-state index in [9.17, 15) is 9.59 Å². The standard InChI is InChI=1S/C13H19N3O4/c1-20-9-8-16(10-12(17)18)13(19)15-7-4-11-2-5-14-6-3-11/h2-3,5-6H,4,7-10H2,1H3,(H,15,19)(H,17,18). The highest BCUT2D eigenvalue weighted by Gasteiger charge is 2.15. The second-order valence-corrected chi connectivity index (χ2v) is 4.15. The number of rotatable bonds is 8. The zero-order valence-corrected chi connectivity index (χ0v) is 11.4. The zero-order chi connectivity index (χ0) is 14.8. The van der Waals surface area contributed by atoms with E-state index in [-0.39, 0.29) is 13.1 Å². The Morgan fingerprint density at radius 2 is 2.10 bits per heavy atom. The molecule has 0 spiro atoms. The molecule has 0 fully saturated rings. The lowest BCUT2D eigenvalue weighted by Gasteiger charge is -2.20. The van der Waals surface area contributed by atoms with Crippen LogP contribution in [0.15, 0.2) is 24.5 Å². The first-order valence-electron chi connectivity index (χ1n) is 6.26. The van der Waals surface area contributed by atoms with Gasteiger partial charge in [-0.25, -0.2) is 4.79 Å². The van der Waals surface area contributed by atoms with E-state index in [1.807, 2.05) is 12.1 Å². The summed E-state index contributed by atoms with van der Waals surface area (Å²) in [5, 5.41) is 11.5. The molecule has 110 valence electrons. The fourth-order valence-corrected chi connectivity index (χ4v) is 1.59. The van der Waals surface area contributed by atoms with Gasteiger partial charge in [-0.05, 0) is 24.1 Å². The number of carbonyl (C=O) groups is 2. The number of methoxy groups -OCH3 is 1. The van der Waals surface area contributed by atoms with Gasteiger partial charge in [0, 0.05) is 32.6 Å². The minimum atomic E-state index is -1.05. The number of aromatic nitrogens is 1. The summed E-state index contributed by atoms with van der Waals surface area (Å²) in [6, 6.07) is 3.33. The number of aliphatic carboxylic acids is 1. The Morgan fingerprint density at radius 1 is 1.40 bits per heavy atom. The van der Waals surface area contributed by atoms with Crippen molar-refractivity contribution in [1.29, 1.82) is 0 Å². The molecule has 0 saturated carbocycles. The van der Waals surface area contributed by atoms with Crippen LogP contribution >= 0.6 is 0 Å². The fraction of sp³-hybridized carbons (Fsp3) is 0.462. The topological polar surface area (TPSA) is 91.8 Å². The molecule has 0 radical (unpaired) electrons. The number of urea groups is 1. The van der Waals surface area contributed by atoms with Gasteiger partial charge in [0.05, 0.1) is 6.61 Å². The maximum atomic E-state index is 11.9. The van der Waals surface area contributed by atoms with E-state index >= 15 is 0 Å². The number of hydrogen-bond acceptors (Lipinski definition) is 4. The predicted molar refractivity (Wildman–Crippen MR) is 72.4 cm³/mol. The van der Waals surface area contributed by atoms with Crippen LogP contribution in [0.4, 0.5) is 4.79 Å². The smallest absolute Gasteiger partial charge is 0.323 e. The lowest BCUT2D eigenvalue weighted by atomic mass is 10.2. The van der Waals surface area contributed by atoms with E-state index in [4.69, 9.17) is 9.84 Å². The van der Waals surface area contributed by atoms with Crippen LogP contribution in [-0.4, -0.2) is 60.3 Å². The second-order valence-electron chi connectivity index (χ2n) is 4.15. The molecule has 1 heterocycles. The van der Waals surface area contributed by atoms with Gasteiger partial charge in [0.1, 0.15) is 6.54 Å². The maximum absolute atomic E-state index is 11.9. The summed E-state index contributed by atoms with van der Waals surface area (Å²) < 4.78 is 4.86. The van der Waals surface area contributed by atoms with Crippen molar-refractivity contribution in [2.45, 2.75) is 6.42 Å². The van der Waals surface area contributed by atoms with Crippen molar-refractivity contribution in [3.63, 3.8) is 0 Å². The van der Waals surface area contributed by atoms with Gasteiger partial charge in [0.15, 0.2) is 0 Å². The predicted octanol–water partition coefficient (Wildman–Crippen LogP) is 0.367. The van der Waals surface area contributed by atoms with E-state index in [2.05, 4.69) is 10.3 Å². The molecule has 2 amide bonds. The maximum Gasteiger partial charge on any atom is 0.323 e. The van der Waals surface area contributed by atoms with Crippen molar-refractivity contribution < 1.29 is 19.4 Å². The Kier molecular flexibility index (Phi) is 7.05. The zero-order valence-electron chi connectivity index (χ0n) is 11.4. The van der Waals surface area contributed by atoms with Crippen LogP contribution in [0, 0.1) is 0 Å². The van der Waals surface area contributed by atoms with Crippen LogP contribution in [-0.2, 0) is 16.0 Å². The SMILES string of the molecule is COCCN(CC(=O)O)C(=O)NCCc1ccncc1. The van der Waals surface area contributed by atoms with Crippen LogP contribution < -0.4 is 5.32 Å². The van der Waals surface area contributed by atoms with Crippen LogP contribution in [0.2, 0.25) is 0 Å². The second kappa shape index (κ2) is 8.87. The van der Waals surface area contributed by atoms with E-state index < -0.39 is 12.0 Å². The lowest BCUT2D eigenvalue weighted by molar-refractivity contribution is -0.137. The molecular formula is C13H19N3O4. The molecule has 1 rings (SSSR count). The number of ether oxygens (including phenoxy) is 1. The van der Waals surface area contributed by atoms with Crippen LogP contribution in [0.25, 0.3) is 0 Å². The number of amides is 2. The normalized spacial score (nSPS) is 10.1. The fourth-order valence-electron chi connectivity index (χ4n) is 1.59. The quantitative estimate of drug-likeness (QED) is 0.718. The van der Waals surface area contributed by atoms with Gasteiger partial charge in [0.2, 0.25) is 0 Å². The van der Waals surface area contributed by atoms with E-state index in [0.29, 0.717) is 19.6 Å². The minimum Gasteiger partial charge on any atom is -0.480 e. The summed E-state index contributed by atoms with van der Waals surface area (Å²) in [7, 11) is 1.50. The number of carbonyl (C=O) groups excluding carboxylic acids is 1. The van der Waals surface area contributed by atoms with Crippen molar-refractivity contribution in [2.24, 2.45) is 0 Å². The van der Waals surface area contributed by atoms with Gasteiger partial charge in [-0.15, -0.1) is 0 Å². The van der Waals surface area contributed by atoms with E-state index in [1.165, 1.54) is 12.0 Å². The van der Waals surface area contributed by atoms with Crippen LogP contribution in [0.5, 0.6) is 0 Å². The Hall–Kier alpha value is -2.15. The van der Waals surface area contributed by atoms with Crippen LogP contribution in [0.1, 0.15) is 5.56 Å². The number of carboxylic acids is 1. The molecule has 0 unspecified atom stereocenters. The molecule has 7 nitrogen and oxygen atoms in total. The third-order valence-corrected chi connectivity index (χ3v) is 2.62. The highest BCUT2D eigenvalue weighted by Crippen LogP contribution is 1.97. The summed E-state index contributed by atoms with van der Waals surface area (Å²) in [5.74, 6) is -1.05. The van der Waals surface area contributed by atoms with E-state index in [0.717, 1.165) is 5.56 Å². The summed E-state index contributed by atoms with van der Waals surface area (Å²) in [4.78, 5) is 27.7. The van der Waals surface area contributed by atoms with Crippen molar-refractivity contribution in [2.75, 3.05) is 33.4 Å². The number of hydrogen-bond donors (Lipinski definition) is 2. The monoisotopic (exact) mass is 281 g/mol. The Balaban J connectivity index is 2.38. The Morgan fingerprint density at radius 3 is 2.70 bits per heavy atom. The molecule has 20 heavy (non-hydrogen) atoms. The summed E-state index contributed by atoms with van der Waals surface area (Å²) in [6.45, 7) is 0.630. The van der Waals surface area contributed by atoms with Gasteiger partial charge in [-0.1, -0.05) is 0 Å². The first kappa shape index (κ1) is 15.9. The molecule has 2 N–H and O–H groups in total. The number of nitrogens with zero attached hydrogens (tertiary/aromatic N) is 2. The number of nitrogens with one attached hydrogen (secondary N) is 1. The Labute approximate surface area is 117 Å². The van der Waals surface area contributed by atoms with Gasteiger partial charge >= 0.3 is 12.0 Å². The van der Waals surface area contributed by atoms with Crippen molar-refractivity contribution in [1.82, 2.24) is 15.2 Å². The number of carboxylic acid groups (broad SMARTS) is 1. The van der Waals surface area contributed by atoms with Gasteiger partial charge in [0.25, 0.3) is 0 Å². The molecule has 0 atom stereocenters. The lowest BCUT2D eigenvalue weighted by Crippen LogP contribution is -2.44. The largest absolute Gasteiger partial charge is 0.480 e. The molecule has 0 aromatic carbocycles. The van der Waals surface area contributed by atoms with Gasteiger partial charge in [-0.2, -0.15) is 0 Å². The van der Waals surface area contributed by atoms with Gasteiger partial charge in [-0.3, -0.25) is 9.78 Å². The van der Waals surface area contributed by atoms with Crippen LogP contribution in [0.3, 0.4) is 0 Å². The molecule has 0 saturated heterocycles. The average molecular weight is 281 g/mol. The molecule has 0 aliphatic heterocycles.